The Morgan fingerprint density at radius 2 is 1.14 bits per heavy atom. The minimum atomic E-state index is 1.08. The predicted molar refractivity (Wildman–Crippen MR) is 62.2 cm³/mol. The van der Waals surface area contributed by atoms with E-state index in [1.165, 1.54) is 25.7 Å². The van der Waals surface area contributed by atoms with Crippen molar-refractivity contribution in [1.82, 2.24) is 0 Å². The van der Waals surface area contributed by atoms with Gasteiger partial charge in [-0.1, -0.05) is 39.5 Å². The largest absolute Gasteiger partial charge is 0.0651 e. The molecule has 2 aliphatic carbocycles. The number of hydrogen-bond acceptors (Lipinski definition) is 0. The Morgan fingerprint density at radius 1 is 0.714 bits per heavy atom. The number of rotatable bonds is 2. The third-order valence-corrected chi connectivity index (χ3v) is 4.98. The molecule has 0 aromatic heterocycles. The van der Waals surface area contributed by atoms with E-state index in [0.717, 1.165) is 23.7 Å². The van der Waals surface area contributed by atoms with Crippen molar-refractivity contribution in [2.24, 2.45) is 23.7 Å². The van der Waals surface area contributed by atoms with E-state index < -0.39 is 0 Å². The second-order valence-corrected chi connectivity index (χ2v) is 5.69. The molecule has 0 aromatic carbocycles. The van der Waals surface area contributed by atoms with Crippen LogP contribution in [-0.4, -0.2) is 0 Å². The average molecular weight is 194 g/mol. The van der Waals surface area contributed by atoms with Crippen LogP contribution in [0.25, 0.3) is 0 Å². The molecule has 0 aliphatic heterocycles. The average Bonchev–Trinajstić information content (AvgIpc) is 2.27. The minimum absolute atomic E-state index is 1.08. The van der Waals surface area contributed by atoms with Crippen molar-refractivity contribution in [1.29, 1.82) is 0 Å². The summed E-state index contributed by atoms with van der Waals surface area (Å²) in [6, 6.07) is 0. The Hall–Kier alpha value is 0. The molecule has 0 radical (unpaired) electrons. The van der Waals surface area contributed by atoms with Crippen LogP contribution in [0.4, 0.5) is 0 Å². The van der Waals surface area contributed by atoms with E-state index >= 15 is 0 Å². The first-order chi connectivity index (χ1) is 6.83. The first kappa shape index (κ1) is 10.5. The van der Waals surface area contributed by atoms with E-state index in [0.29, 0.717) is 0 Å². The zero-order chi connectivity index (χ0) is 9.97. The molecule has 2 rings (SSSR count). The second-order valence-electron chi connectivity index (χ2n) is 5.69. The molecule has 0 saturated heterocycles. The van der Waals surface area contributed by atoms with Gasteiger partial charge < -0.3 is 0 Å². The third kappa shape index (κ3) is 2.15. The van der Waals surface area contributed by atoms with E-state index in [1.807, 2.05) is 0 Å². The van der Waals surface area contributed by atoms with E-state index in [4.69, 9.17) is 0 Å². The summed E-state index contributed by atoms with van der Waals surface area (Å²) in [5.74, 6) is 4.40. The molecule has 0 heterocycles. The molecule has 82 valence electrons. The minimum Gasteiger partial charge on any atom is -0.0651 e. The smallest absolute Gasteiger partial charge is 0.0383 e. The summed E-state index contributed by atoms with van der Waals surface area (Å²) in [4.78, 5) is 0. The van der Waals surface area contributed by atoms with Gasteiger partial charge in [0, 0.05) is 0 Å². The van der Waals surface area contributed by atoms with Crippen LogP contribution in [0.15, 0.2) is 0 Å². The van der Waals surface area contributed by atoms with Crippen molar-refractivity contribution in [2.75, 3.05) is 0 Å². The molecular weight excluding hydrogens is 168 g/mol. The predicted octanol–water partition coefficient (Wildman–Crippen LogP) is 4.64. The molecule has 4 unspecified atom stereocenters. The summed E-state index contributed by atoms with van der Waals surface area (Å²) >= 11 is 0. The maximum absolute atomic E-state index is 2.38. The van der Waals surface area contributed by atoms with Gasteiger partial charge in [0.1, 0.15) is 0 Å². The van der Waals surface area contributed by atoms with Gasteiger partial charge in [-0.25, -0.2) is 0 Å². The Kier molecular flexibility index (Phi) is 3.52. The second kappa shape index (κ2) is 4.68. The van der Waals surface area contributed by atoms with Crippen molar-refractivity contribution in [2.45, 2.75) is 65.2 Å². The van der Waals surface area contributed by atoms with Crippen LogP contribution in [0.3, 0.4) is 0 Å². The van der Waals surface area contributed by atoms with Crippen LogP contribution in [0.5, 0.6) is 0 Å². The zero-order valence-corrected chi connectivity index (χ0v) is 9.97. The van der Waals surface area contributed by atoms with Crippen molar-refractivity contribution in [3.8, 4) is 0 Å². The quantitative estimate of drug-likeness (QED) is 0.601. The van der Waals surface area contributed by atoms with E-state index in [1.54, 1.807) is 25.7 Å². The first-order valence-electron chi connectivity index (χ1n) is 6.83. The van der Waals surface area contributed by atoms with Gasteiger partial charge in [-0.15, -0.1) is 0 Å². The topological polar surface area (TPSA) is 0 Å². The van der Waals surface area contributed by atoms with Gasteiger partial charge in [-0.05, 0) is 49.4 Å². The molecule has 0 bridgehead atoms. The fourth-order valence-corrected chi connectivity index (χ4v) is 3.83. The number of fused-ring (bicyclic) bond motifs is 1. The summed E-state index contributed by atoms with van der Waals surface area (Å²) in [5.41, 5.74) is 0. The number of hydrogen-bond donors (Lipinski definition) is 0. The Labute approximate surface area is 89.5 Å². The van der Waals surface area contributed by atoms with E-state index in [-0.39, 0.29) is 0 Å². The lowest BCUT2D eigenvalue weighted by Crippen LogP contribution is -2.30. The third-order valence-electron chi connectivity index (χ3n) is 4.98. The van der Waals surface area contributed by atoms with Crippen molar-refractivity contribution >= 4 is 0 Å². The maximum atomic E-state index is 2.38. The van der Waals surface area contributed by atoms with Crippen LogP contribution in [0.2, 0.25) is 0 Å². The molecule has 2 saturated carbocycles. The van der Waals surface area contributed by atoms with Crippen molar-refractivity contribution < 1.29 is 0 Å². The summed E-state index contributed by atoms with van der Waals surface area (Å²) in [5, 5.41) is 0. The van der Waals surface area contributed by atoms with Gasteiger partial charge in [-0.2, -0.15) is 0 Å². The molecule has 2 aliphatic rings. The van der Waals surface area contributed by atoms with Gasteiger partial charge in [0.2, 0.25) is 0 Å². The Morgan fingerprint density at radius 3 is 1.50 bits per heavy atom. The Bertz CT molecular complexity index is 153. The van der Waals surface area contributed by atoms with Gasteiger partial charge in [-0.3, -0.25) is 0 Å². The highest BCUT2D eigenvalue weighted by Gasteiger charge is 2.34. The van der Waals surface area contributed by atoms with Gasteiger partial charge in [0.05, 0.1) is 0 Å². The standard InChI is InChI=1S/C14H26/c1-3-11-5-7-14-10-12(4-2)6-8-13(14)9-11/h11-14H,3-10H2,1-2H3. The summed E-state index contributed by atoms with van der Waals surface area (Å²) in [7, 11) is 0. The highest BCUT2D eigenvalue weighted by atomic mass is 14.4. The zero-order valence-electron chi connectivity index (χ0n) is 9.97. The lowest BCUT2D eigenvalue weighted by atomic mass is 9.64. The summed E-state index contributed by atoms with van der Waals surface area (Å²) in [6.45, 7) is 4.76. The molecule has 0 N–H and O–H groups in total. The van der Waals surface area contributed by atoms with Crippen LogP contribution in [0.1, 0.15) is 65.2 Å². The molecule has 0 heteroatoms. The lowest BCUT2D eigenvalue weighted by Gasteiger charge is -2.42. The summed E-state index contributed by atoms with van der Waals surface area (Å²) < 4.78 is 0. The molecule has 2 fully saturated rings. The van der Waals surface area contributed by atoms with E-state index in [2.05, 4.69) is 13.8 Å². The maximum Gasteiger partial charge on any atom is -0.0383 e. The molecule has 0 spiro atoms. The van der Waals surface area contributed by atoms with Gasteiger partial charge in [0.25, 0.3) is 0 Å². The van der Waals surface area contributed by atoms with E-state index in [9.17, 15) is 0 Å². The highest BCUT2D eigenvalue weighted by molar-refractivity contribution is 4.85. The van der Waals surface area contributed by atoms with Crippen LogP contribution in [-0.2, 0) is 0 Å². The lowest BCUT2D eigenvalue weighted by molar-refractivity contribution is 0.0955. The normalized spacial score (nSPS) is 43.3. The fourth-order valence-electron chi connectivity index (χ4n) is 3.83. The first-order valence-corrected chi connectivity index (χ1v) is 6.83. The summed E-state index contributed by atoms with van der Waals surface area (Å²) in [6.07, 6.45) is 12.2. The SMILES string of the molecule is CCC1CCC2CC(CC)CCC2C1. The van der Waals surface area contributed by atoms with Crippen molar-refractivity contribution in [3.63, 3.8) is 0 Å². The molecule has 0 nitrogen and oxygen atoms in total. The van der Waals surface area contributed by atoms with Crippen molar-refractivity contribution in [3.05, 3.63) is 0 Å². The molecule has 0 amide bonds. The van der Waals surface area contributed by atoms with Gasteiger partial charge >= 0.3 is 0 Å². The van der Waals surface area contributed by atoms with Crippen LogP contribution >= 0.6 is 0 Å². The Balaban J connectivity index is 1.88. The monoisotopic (exact) mass is 194 g/mol. The van der Waals surface area contributed by atoms with Crippen LogP contribution < -0.4 is 0 Å². The molecular formula is C14H26. The fraction of sp³-hybridized carbons (Fsp3) is 1.00. The van der Waals surface area contributed by atoms with Gasteiger partial charge in [0.15, 0.2) is 0 Å². The molecule has 4 atom stereocenters. The molecule has 14 heavy (non-hydrogen) atoms. The van der Waals surface area contributed by atoms with Crippen LogP contribution in [0, 0.1) is 23.7 Å². The molecule has 0 aromatic rings. The highest BCUT2D eigenvalue weighted by Crippen LogP contribution is 2.45.